The molecule has 0 fully saturated rings. The second-order valence-electron chi connectivity index (χ2n) is 3.05. The van der Waals surface area contributed by atoms with E-state index in [1.165, 1.54) is 0 Å². The average molecular weight is 254 g/mol. The van der Waals surface area contributed by atoms with Crippen LogP contribution >= 0.6 is 11.5 Å². The number of anilines is 1. The van der Waals surface area contributed by atoms with Crippen LogP contribution < -0.4 is 10.6 Å². The summed E-state index contributed by atoms with van der Waals surface area (Å²) in [5.74, 6) is -1.08. The summed E-state index contributed by atoms with van der Waals surface area (Å²) in [6.07, 6.45) is -3.63. The summed E-state index contributed by atoms with van der Waals surface area (Å²) in [6.45, 7) is 4.29. The van der Waals surface area contributed by atoms with E-state index in [2.05, 4.69) is 20.0 Å². The smallest absolute Gasteiger partial charge is 0.360 e. The van der Waals surface area contributed by atoms with Crippen molar-refractivity contribution in [2.75, 3.05) is 25.0 Å². The first-order chi connectivity index (χ1) is 7.54. The Morgan fingerprint density at radius 2 is 2.06 bits per heavy atom. The van der Waals surface area contributed by atoms with Gasteiger partial charge in [0.15, 0.2) is 0 Å². The zero-order chi connectivity index (χ0) is 12.0. The maximum atomic E-state index is 12.1. The Hall–Kier alpha value is -0.890. The lowest BCUT2D eigenvalue weighted by Crippen LogP contribution is -2.17. The molecule has 1 heterocycles. The predicted octanol–water partition coefficient (Wildman–Crippen LogP) is 1.97. The molecule has 16 heavy (non-hydrogen) atoms. The number of alkyl halides is 3. The molecule has 0 bridgehead atoms. The quantitative estimate of drug-likeness (QED) is 0.762. The largest absolute Gasteiger partial charge is 0.452 e. The van der Waals surface area contributed by atoms with Gasteiger partial charge in [0.1, 0.15) is 0 Å². The van der Waals surface area contributed by atoms with Gasteiger partial charge in [0.25, 0.3) is 0 Å². The molecule has 92 valence electrons. The van der Waals surface area contributed by atoms with Gasteiger partial charge in [-0.05, 0) is 19.5 Å². The lowest BCUT2D eigenvalue weighted by atomic mass is 10.4. The van der Waals surface area contributed by atoms with E-state index in [9.17, 15) is 13.2 Å². The van der Waals surface area contributed by atoms with Crippen LogP contribution in [0.1, 0.15) is 19.2 Å². The highest BCUT2D eigenvalue weighted by Gasteiger charge is 2.35. The minimum absolute atomic E-state index is 0.212. The van der Waals surface area contributed by atoms with E-state index in [-0.39, 0.29) is 5.13 Å². The first kappa shape index (κ1) is 13.2. The molecular weight excluding hydrogens is 241 g/mol. The molecule has 0 saturated carbocycles. The van der Waals surface area contributed by atoms with Gasteiger partial charge in [0, 0.05) is 18.1 Å². The monoisotopic (exact) mass is 254 g/mol. The van der Waals surface area contributed by atoms with Crippen molar-refractivity contribution in [2.24, 2.45) is 0 Å². The fraction of sp³-hybridized carbons (Fsp3) is 0.750. The van der Waals surface area contributed by atoms with Gasteiger partial charge in [-0.3, -0.25) is 0 Å². The molecule has 4 nitrogen and oxygen atoms in total. The van der Waals surface area contributed by atoms with Crippen LogP contribution in [0.5, 0.6) is 0 Å². The molecule has 8 heteroatoms. The Balaban J connectivity index is 2.30. The first-order valence-electron chi connectivity index (χ1n) is 4.89. The Labute approximate surface area is 95.4 Å². The molecule has 0 aliphatic heterocycles. The zero-order valence-corrected chi connectivity index (χ0v) is 9.58. The molecule has 0 aliphatic carbocycles. The number of hydrogen-bond acceptors (Lipinski definition) is 5. The van der Waals surface area contributed by atoms with Gasteiger partial charge in [-0.15, -0.1) is 0 Å². The van der Waals surface area contributed by atoms with Gasteiger partial charge in [0.05, 0.1) is 0 Å². The summed E-state index contributed by atoms with van der Waals surface area (Å²) in [5, 5.41) is 6.12. The predicted molar refractivity (Wildman–Crippen MR) is 56.6 cm³/mol. The molecule has 0 atom stereocenters. The van der Waals surface area contributed by atoms with E-state index >= 15 is 0 Å². The van der Waals surface area contributed by atoms with Crippen LogP contribution in [0.3, 0.4) is 0 Å². The molecule has 1 rings (SSSR count). The van der Waals surface area contributed by atoms with Crippen LogP contribution in [-0.4, -0.2) is 29.0 Å². The molecule has 0 aromatic carbocycles. The molecule has 0 saturated heterocycles. The van der Waals surface area contributed by atoms with Crippen molar-refractivity contribution in [3.05, 3.63) is 5.82 Å². The Morgan fingerprint density at radius 1 is 1.31 bits per heavy atom. The number of nitrogens with zero attached hydrogens (tertiary/aromatic N) is 2. The number of hydrogen-bond donors (Lipinski definition) is 2. The van der Waals surface area contributed by atoms with Crippen LogP contribution in [0.25, 0.3) is 0 Å². The minimum atomic E-state index is -4.46. The summed E-state index contributed by atoms with van der Waals surface area (Å²) in [6, 6.07) is 0. The third-order valence-electron chi connectivity index (χ3n) is 1.74. The van der Waals surface area contributed by atoms with Gasteiger partial charge in [-0.2, -0.15) is 22.5 Å². The molecule has 0 aliphatic rings. The third kappa shape index (κ3) is 4.31. The van der Waals surface area contributed by atoms with E-state index in [0.717, 1.165) is 31.0 Å². The van der Waals surface area contributed by atoms with Crippen molar-refractivity contribution in [1.82, 2.24) is 14.7 Å². The van der Waals surface area contributed by atoms with E-state index < -0.39 is 12.0 Å². The molecule has 0 spiro atoms. The standard InChI is InChI=1S/C8H13F3N4S/c1-2-12-4-3-5-13-7-14-6(15-16-7)8(9,10)11/h12H,2-5H2,1H3,(H,13,14,15). The fourth-order valence-electron chi connectivity index (χ4n) is 0.996. The third-order valence-corrected chi connectivity index (χ3v) is 2.41. The Kier molecular flexibility index (Phi) is 4.94. The second-order valence-corrected chi connectivity index (χ2v) is 3.81. The van der Waals surface area contributed by atoms with Gasteiger partial charge >= 0.3 is 6.18 Å². The highest BCUT2D eigenvalue weighted by atomic mass is 32.1. The van der Waals surface area contributed by atoms with Crippen molar-refractivity contribution in [1.29, 1.82) is 0 Å². The number of nitrogens with one attached hydrogen (secondary N) is 2. The highest BCUT2D eigenvalue weighted by Crippen LogP contribution is 2.28. The minimum Gasteiger partial charge on any atom is -0.360 e. The zero-order valence-electron chi connectivity index (χ0n) is 8.76. The van der Waals surface area contributed by atoms with Crippen LogP contribution in [0.4, 0.5) is 18.3 Å². The van der Waals surface area contributed by atoms with E-state index in [0.29, 0.717) is 6.54 Å². The van der Waals surface area contributed by atoms with Crippen molar-refractivity contribution in [2.45, 2.75) is 19.5 Å². The molecule has 0 radical (unpaired) electrons. The lowest BCUT2D eigenvalue weighted by molar-refractivity contribution is -0.144. The molecule has 0 amide bonds. The average Bonchev–Trinajstić information content (AvgIpc) is 2.65. The van der Waals surface area contributed by atoms with Crippen LogP contribution in [0.15, 0.2) is 0 Å². The second kappa shape index (κ2) is 6.00. The first-order valence-corrected chi connectivity index (χ1v) is 5.67. The lowest BCUT2D eigenvalue weighted by Gasteiger charge is -2.02. The summed E-state index contributed by atoms with van der Waals surface area (Å²) in [4.78, 5) is 3.35. The van der Waals surface area contributed by atoms with Gasteiger partial charge in [-0.1, -0.05) is 6.92 Å². The molecular formula is C8H13F3N4S. The Morgan fingerprint density at radius 3 is 2.62 bits per heavy atom. The summed E-state index contributed by atoms with van der Waals surface area (Å²) in [7, 11) is 0. The van der Waals surface area contributed by atoms with Crippen molar-refractivity contribution < 1.29 is 13.2 Å². The molecule has 1 aromatic rings. The summed E-state index contributed by atoms with van der Waals surface area (Å²) in [5.41, 5.74) is 0. The fourth-order valence-corrected chi connectivity index (χ4v) is 1.61. The summed E-state index contributed by atoms with van der Waals surface area (Å²) >= 11 is 0.728. The topological polar surface area (TPSA) is 49.8 Å². The van der Waals surface area contributed by atoms with Crippen LogP contribution in [-0.2, 0) is 6.18 Å². The molecule has 0 unspecified atom stereocenters. The van der Waals surface area contributed by atoms with Gasteiger partial charge < -0.3 is 10.6 Å². The normalized spacial score (nSPS) is 11.8. The van der Waals surface area contributed by atoms with E-state index in [1.807, 2.05) is 6.92 Å². The van der Waals surface area contributed by atoms with E-state index in [4.69, 9.17) is 0 Å². The highest BCUT2D eigenvalue weighted by molar-refractivity contribution is 7.09. The Bertz CT molecular complexity index is 312. The maximum Gasteiger partial charge on any atom is 0.452 e. The van der Waals surface area contributed by atoms with Crippen molar-refractivity contribution in [3.8, 4) is 0 Å². The molecule has 2 N–H and O–H groups in total. The van der Waals surface area contributed by atoms with Crippen LogP contribution in [0.2, 0.25) is 0 Å². The van der Waals surface area contributed by atoms with Crippen molar-refractivity contribution in [3.63, 3.8) is 0 Å². The van der Waals surface area contributed by atoms with Gasteiger partial charge in [-0.25, -0.2) is 0 Å². The SMILES string of the molecule is CCNCCCNc1nc(C(F)(F)F)ns1. The number of aromatic nitrogens is 2. The van der Waals surface area contributed by atoms with Crippen molar-refractivity contribution >= 4 is 16.7 Å². The van der Waals surface area contributed by atoms with Gasteiger partial charge in [0.2, 0.25) is 11.0 Å². The van der Waals surface area contributed by atoms with Crippen LogP contribution in [0, 0.1) is 0 Å². The maximum absolute atomic E-state index is 12.1. The van der Waals surface area contributed by atoms with E-state index in [1.54, 1.807) is 0 Å². The number of rotatable bonds is 6. The molecule has 1 aromatic heterocycles. The number of halogens is 3. The summed E-state index contributed by atoms with van der Waals surface area (Å²) < 4.78 is 39.6.